The molecule has 0 radical (unpaired) electrons. The van der Waals surface area contributed by atoms with Gasteiger partial charge in [-0.25, -0.2) is 0 Å². The third kappa shape index (κ3) is 4.90. The van der Waals surface area contributed by atoms with Gasteiger partial charge >= 0.3 is 0 Å². The summed E-state index contributed by atoms with van der Waals surface area (Å²) < 4.78 is 0. The molecule has 184 valence electrons. The highest BCUT2D eigenvalue weighted by Gasteiger charge is 2.47. The van der Waals surface area contributed by atoms with E-state index in [2.05, 4.69) is 26.1 Å². The maximum absolute atomic E-state index is 13.4. The van der Waals surface area contributed by atoms with Gasteiger partial charge in [-0.15, -0.1) is 0 Å². The van der Waals surface area contributed by atoms with E-state index in [1.165, 1.54) is 11.8 Å². The largest absolute Gasteiger partial charge is 0.507 e. The second-order valence-corrected chi connectivity index (χ2v) is 10.2. The van der Waals surface area contributed by atoms with E-state index in [-0.39, 0.29) is 22.7 Å². The van der Waals surface area contributed by atoms with Crippen molar-refractivity contribution < 1.29 is 19.5 Å². The Balaban J connectivity index is 1.92. The number of rotatable bonds is 4. The summed E-state index contributed by atoms with van der Waals surface area (Å²) in [6.07, 6.45) is 0. The number of carbonyl (C=O) groups excluding carboxylic acids is 3. The molecule has 7 heteroatoms. The van der Waals surface area contributed by atoms with Crippen molar-refractivity contribution in [3.63, 3.8) is 0 Å². The van der Waals surface area contributed by atoms with E-state index in [1.807, 2.05) is 24.3 Å². The second kappa shape index (κ2) is 9.63. The van der Waals surface area contributed by atoms with Gasteiger partial charge in [-0.1, -0.05) is 74.8 Å². The fourth-order valence-corrected chi connectivity index (χ4v) is 4.50. The summed E-state index contributed by atoms with van der Waals surface area (Å²) in [6.45, 7) is 7.68. The van der Waals surface area contributed by atoms with E-state index < -0.39 is 17.7 Å². The van der Waals surface area contributed by atoms with E-state index in [0.29, 0.717) is 27.5 Å². The SMILES string of the molecule is CC(=O)Nc1cccc(N2C(=O)C(=O)/C(=C(/O)c3cccc(Cl)c3)C2c2ccc(C(C)(C)C)cc2)c1. The van der Waals surface area contributed by atoms with Crippen molar-refractivity contribution in [1.82, 2.24) is 0 Å². The van der Waals surface area contributed by atoms with Crippen molar-refractivity contribution in [3.05, 3.63) is 100 Å². The molecule has 1 heterocycles. The van der Waals surface area contributed by atoms with E-state index >= 15 is 0 Å². The van der Waals surface area contributed by atoms with Crippen LogP contribution in [0.25, 0.3) is 5.76 Å². The number of hydrogen-bond donors (Lipinski definition) is 2. The van der Waals surface area contributed by atoms with Gasteiger partial charge in [-0.2, -0.15) is 0 Å². The number of aliphatic hydroxyl groups is 1. The first-order chi connectivity index (χ1) is 17.0. The van der Waals surface area contributed by atoms with Crippen molar-refractivity contribution in [2.75, 3.05) is 10.2 Å². The number of nitrogens with one attached hydrogen (secondary N) is 1. The molecule has 6 nitrogen and oxygen atoms in total. The molecule has 2 N–H and O–H groups in total. The molecule has 1 atom stereocenters. The lowest BCUT2D eigenvalue weighted by Crippen LogP contribution is -2.29. The number of benzene rings is 3. The quantitative estimate of drug-likeness (QED) is 0.252. The lowest BCUT2D eigenvalue weighted by molar-refractivity contribution is -0.132. The Hall–Kier alpha value is -3.90. The molecule has 3 aromatic rings. The van der Waals surface area contributed by atoms with Crippen molar-refractivity contribution in [3.8, 4) is 0 Å². The van der Waals surface area contributed by atoms with Gasteiger partial charge in [0, 0.05) is 28.9 Å². The van der Waals surface area contributed by atoms with Crippen LogP contribution in [0.1, 0.15) is 50.4 Å². The summed E-state index contributed by atoms with van der Waals surface area (Å²) in [5.41, 5.74) is 2.87. The van der Waals surface area contributed by atoms with E-state index in [1.54, 1.807) is 48.5 Å². The van der Waals surface area contributed by atoms with Crippen LogP contribution in [0.3, 0.4) is 0 Å². The Labute approximate surface area is 215 Å². The average Bonchev–Trinajstić information content (AvgIpc) is 3.08. The predicted octanol–water partition coefficient (Wildman–Crippen LogP) is 6.22. The predicted molar refractivity (Wildman–Crippen MR) is 142 cm³/mol. The Kier molecular flexibility index (Phi) is 6.74. The first-order valence-electron chi connectivity index (χ1n) is 11.5. The normalized spacial score (nSPS) is 17.4. The molecule has 1 aliphatic rings. The van der Waals surface area contributed by atoms with Crippen LogP contribution in [0.5, 0.6) is 0 Å². The minimum absolute atomic E-state index is 0.0318. The van der Waals surface area contributed by atoms with E-state index in [0.717, 1.165) is 5.56 Å². The lowest BCUT2D eigenvalue weighted by atomic mass is 9.85. The van der Waals surface area contributed by atoms with Gasteiger partial charge in [0.2, 0.25) is 5.91 Å². The average molecular weight is 503 g/mol. The van der Waals surface area contributed by atoms with Crippen LogP contribution in [-0.2, 0) is 19.8 Å². The molecule has 0 spiro atoms. The molecule has 1 fully saturated rings. The maximum Gasteiger partial charge on any atom is 0.300 e. The molecule has 0 aliphatic carbocycles. The molecule has 2 amide bonds. The molecule has 0 aromatic heterocycles. The van der Waals surface area contributed by atoms with Gasteiger partial charge in [-0.3, -0.25) is 19.3 Å². The number of hydrogen-bond acceptors (Lipinski definition) is 4. The number of Topliss-reactive ketones (excluding diaryl/α,β-unsaturated/α-hetero) is 1. The zero-order chi connectivity index (χ0) is 26.2. The monoisotopic (exact) mass is 502 g/mol. The van der Waals surface area contributed by atoms with Crippen LogP contribution in [0.4, 0.5) is 11.4 Å². The van der Waals surface area contributed by atoms with Crippen molar-refractivity contribution in [2.24, 2.45) is 0 Å². The van der Waals surface area contributed by atoms with E-state index in [4.69, 9.17) is 11.6 Å². The summed E-state index contributed by atoms with van der Waals surface area (Å²) in [6, 6.07) is 20.0. The van der Waals surface area contributed by atoms with Crippen molar-refractivity contribution >= 4 is 46.3 Å². The van der Waals surface area contributed by atoms with Crippen molar-refractivity contribution in [2.45, 2.75) is 39.2 Å². The van der Waals surface area contributed by atoms with Crippen LogP contribution in [0.2, 0.25) is 5.02 Å². The molecule has 3 aromatic carbocycles. The zero-order valence-electron chi connectivity index (χ0n) is 20.5. The molecule has 1 aliphatic heterocycles. The molecular formula is C29H27ClN2O4. The van der Waals surface area contributed by atoms with Gasteiger partial charge in [-0.05, 0) is 46.9 Å². The summed E-state index contributed by atoms with van der Waals surface area (Å²) in [4.78, 5) is 39.7. The smallest absolute Gasteiger partial charge is 0.300 e. The summed E-state index contributed by atoms with van der Waals surface area (Å²) in [5.74, 6) is -2.14. The van der Waals surface area contributed by atoms with Crippen molar-refractivity contribution in [1.29, 1.82) is 0 Å². The number of amides is 2. The Bertz CT molecular complexity index is 1390. The second-order valence-electron chi connectivity index (χ2n) is 9.78. The molecule has 1 saturated heterocycles. The third-order valence-corrected chi connectivity index (χ3v) is 6.31. The summed E-state index contributed by atoms with van der Waals surface area (Å²) >= 11 is 6.13. The third-order valence-electron chi connectivity index (χ3n) is 6.08. The Morgan fingerprint density at radius 1 is 0.972 bits per heavy atom. The molecule has 36 heavy (non-hydrogen) atoms. The molecule has 1 unspecified atom stereocenters. The van der Waals surface area contributed by atoms with Crippen LogP contribution in [-0.4, -0.2) is 22.7 Å². The molecule has 0 saturated carbocycles. The van der Waals surface area contributed by atoms with E-state index in [9.17, 15) is 19.5 Å². The molecular weight excluding hydrogens is 476 g/mol. The lowest BCUT2D eigenvalue weighted by Gasteiger charge is -2.27. The van der Waals surface area contributed by atoms with Crippen LogP contribution in [0, 0.1) is 0 Å². The van der Waals surface area contributed by atoms with Gasteiger partial charge in [0.15, 0.2) is 0 Å². The maximum atomic E-state index is 13.4. The first-order valence-corrected chi connectivity index (χ1v) is 11.9. The van der Waals surface area contributed by atoms with Gasteiger partial charge in [0.25, 0.3) is 11.7 Å². The number of carbonyl (C=O) groups is 3. The number of aliphatic hydroxyl groups excluding tert-OH is 1. The highest BCUT2D eigenvalue weighted by molar-refractivity contribution is 6.51. The highest BCUT2D eigenvalue weighted by Crippen LogP contribution is 2.43. The van der Waals surface area contributed by atoms with Crippen LogP contribution < -0.4 is 10.2 Å². The highest BCUT2D eigenvalue weighted by atomic mass is 35.5. The number of nitrogens with zero attached hydrogens (tertiary/aromatic N) is 1. The number of halogens is 1. The van der Waals surface area contributed by atoms with Gasteiger partial charge in [0.05, 0.1) is 11.6 Å². The Morgan fingerprint density at radius 2 is 1.64 bits per heavy atom. The number of ketones is 1. The van der Waals surface area contributed by atoms with Gasteiger partial charge < -0.3 is 10.4 Å². The topological polar surface area (TPSA) is 86.7 Å². The molecule has 0 bridgehead atoms. The van der Waals surface area contributed by atoms with Crippen LogP contribution >= 0.6 is 11.6 Å². The fourth-order valence-electron chi connectivity index (χ4n) is 4.31. The number of anilines is 2. The Morgan fingerprint density at radius 3 is 2.25 bits per heavy atom. The summed E-state index contributed by atoms with van der Waals surface area (Å²) in [5, 5.41) is 14.3. The minimum atomic E-state index is -0.884. The zero-order valence-corrected chi connectivity index (χ0v) is 21.3. The van der Waals surface area contributed by atoms with Crippen LogP contribution in [0.15, 0.2) is 78.4 Å². The summed E-state index contributed by atoms with van der Waals surface area (Å²) in [7, 11) is 0. The van der Waals surface area contributed by atoms with Gasteiger partial charge in [0.1, 0.15) is 5.76 Å². The standard InChI is InChI=1S/C29H27ClN2O4/c1-17(33)31-22-9-6-10-23(16-22)32-25(18-11-13-20(14-12-18)29(2,3)4)24(27(35)28(32)36)26(34)19-7-5-8-21(30)15-19/h5-16,25,34H,1-4H3,(H,31,33)/b26-24+. The fraction of sp³-hybridized carbons (Fsp3) is 0.207. The minimum Gasteiger partial charge on any atom is -0.507 e. The molecule has 4 rings (SSSR count). The first kappa shape index (κ1) is 25.2.